The standard InChI is InChI=1S/C13H15N3O/c14-8-10-4-5-15-13(7-10)16-9-11-2-1-3-12(17)6-11/h1-7,17H,8-9,14H2,(H,15,16). The summed E-state index contributed by atoms with van der Waals surface area (Å²) in [5.41, 5.74) is 7.60. The number of pyridine rings is 1. The molecule has 0 aliphatic carbocycles. The van der Waals surface area contributed by atoms with Crippen LogP contribution in [-0.2, 0) is 13.1 Å². The number of aromatic nitrogens is 1. The predicted molar refractivity (Wildman–Crippen MR) is 67.6 cm³/mol. The minimum atomic E-state index is 0.271. The fourth-order valence-electron chi connectivity index (χ4n) is 1.56. The quantitative estimate of drug-likeness (QED) is 0.748. The van der Waals surface area contributed by atoms with Crippen LogP contribution in [0.1, 0.15) is 11.1 Å². The number of hydrogen-bond donors (Lipinski definition) is 3. The highest BCUT2D eigenvalue weighted by molar-refractivity contribution is 5.39. The normalized spacial score (nSPS) is 10.2. The first-order valence-electron chi connectivity index (χ1n) is 5.45. The number of nitrogens with one attached hydrogen (secondary N) is 1. The predicted octanol–water partition coefficient (Wildman–Crippen LogP) is 1.86. The van der Waals surface area contributed by atoms with Crippen molar-refractivity contribution in [2.75, 3.05) is 5.32 Å². The molecule has 0 fully saturated rings. The van der Waals surface area contributed by atoms with Crippen LogP contribution in [0.15, 0.2) is 42.6 Å². The van der Waals surface area contributed by atoms with Gasteiger partial charge in [-0.25, -0.2) is 4.98 Å². The molecule has 0 atom stereocenters. The molecule has 17 heavy (non-hydrogen) atoms. The number of anilines is 1. The lowest BCUT2D eigenvalue weighted by Crippen LogP contribution is -2.03. The zero-order chi connectivity index (χ0) is 12.1. The number of hydrogen-bond acceptors (Lipinski definition) is 4. The van der Waals surface area contributed by atoms with Crippen molar-refractivity contribution in [3.05, 3.63) is 53.7 Å². The van der Waals surface area contributed by atoms with Gasteiger partial charge >= 0.3 is 0 Å². The molecule has 1 aromatic carbocycles. The van der Waals surface area contributed by atoms with E-state index < -0.39 is 0 Å². The molecule has 1 heterocycles. The van der Waals surface area contributed by atoms with E-state index in [1.165, 1.54) is 0 Å². The monoisotopic (exact) mass is 229 g/mol. The number of nitrogens with two attached hydrogens (primary N) is 1. The van der Waals surface area contributed by atoms with Gasteiger partial charge in [0.2, 0.25) is 0 Å². The van der Waals surface area contributed by atoms with Crippen molar-refractivity contribution in [3.63, 3.8) is 0 Å². The van der Waals surface area contributed by atoms with Gasteiger partial charge in [-0.2, -0.15) is 0 Å². The Morgan fingerprint density at radius 3 is 2.82 bits per heavy atom. The van der Waals surface area contributed by atoms with Crippen molar-refractivity contribution in [2.24, 2.45) is 5.73 Å². The van der Waals surface area contributed by atoms with Crippen LogP contribution in [0.3, 0.4) is 0 Å². The summed E-state index contributed by atoms with van der Waals surface area (Å²) in [6.45, 7) is 1.12. The van der Waals surface area contributed by atoms with Gasteiger partial charge in [-0.1, -0.05) is 12.1 Å². The zero-order valence-corrected chi connectivity index (χ0v) is 9.43. The third kappa shape index (κ3) is 3.19. The molecule has 0 saturated carbocycles. The van der Waals surface area contributed by atoms with Crippen molar-refractivity contribution in [1.82, 2.24) is 4.98 Å². The Morgan fingerprint density at radius 2 is 2.06 bits per heavy atom. The summed E-state index contributed by atoms with van der Waals surface area (Å²) in [5, 5.41) is 12.5. The van der Waals surface area contributed by atoms with Crippen LogP contribution in [0.2, 0.25) is 0 Å². The number of nitrogens with zero attached hydrogens (tertiary/aromatic N) is 1. The largest absolute Gasteiger partial charge is 0.508 e. The summed E-state index contributed by atoms with van der Waals surface area (Å²) >= 11 is 0. The van der Waals surface area contributed by atoms with Gasteiger partial charge in [0.1, 0.15) is 11.6 Å². The second-order valence-electron chi connectivity index (χ2n) is 3.78. The van der Waals surface area contributed by atoms with Crippen LogP contribution < -0.4 is 11.1 Å². The zero-order valence-electron chi connectivity index (χ0n) is 9.43. The fourth-order valence-corrected chi connectivity index (χ4v) is 1.56. The molecule has 2 rings (SSSR count). The van der Waals surface area contributed by atoms with Gasteiger partial charge in [-0.05, 0) is 35.4 Å². The van der Waals surface area contributed by atoms with Gasteiger partial charge in [0, 0.05) is 19.3 Å². The summed E-state index contributed by atoms with van der Waals surface area (Å²) in [6, 6.07) is 10.9. The molecular weight excluding hydrogens is 214 g/mol. The minimum absolute atomic E-state index is 0.271. The van der Waals surface area contributed by atoms with Gasteiger partial charge in [-0.15, -0.1) is 0 Å². The highest BCUT2D eigenvalue weighted by Gasteiger charge is 1.97. The Balaban J connectivity index is 2.02. The molecule has 0 saturated heterocycles. The van der Waals surface area contributed by atoms with Gasteiger partial charge in [0.15, 0.2) is 0 Å². The highest BCUT2D eigenvalue weighted by atomic mass is 16.3. The van der Waals surface area contributed by atoms with Crippen LogP contribution in [0.4, 0.5) is 5.82 Å². The van der Waals surface area contributed by atoms with E-state index in [9.17, 15) is 5.11 Å². The molecule has 4 heteroatoms. The number of rotatable bonds is 4. The van der Waals surface area contributed by atoms with E-state index in [0.717, 1.165) is 16.9 Å². The fraction of sp³-hybridized carbons (Fsp3) is 0.154. The summed E-state index contributed by atoms with van der Waals surface area (Å²) < 4.78 is 0. The Labute approximate surface area is 100 Å². The number of aromatic hydroxyl groups is 1. The maximum atomic E-state index is 9.33. The second kappa shape index (κ2) is 5.32. The lowest BCUT2D eigenvalue weighted by Gasteiger charge is -2.07. The van der Waals surface area contributed by atoms with Crippen molar-refractivity contribution in [1.29, 1.82) is 0 Å². The Morgan fingerprint density at radius 1 is 1.18 bits per heavy atom. The summed E-state index contributed by atoms with van der Waals surface area (Å²) in [7, 11) is 0. The lowest BCUT2D eigenvalue weighted by molar-refractivity contribution is 0.474. The van der Waals surface area contributed by atoms with Crippen molar-refractivity contribution >= 4 is 5.82 Å². The second-order valence-corrected chi connectivity index (χ2v) is 3.78. The third-order valence-corrected chi connectivity index (χ3v) is 2.44. The van der Waals surface area contributed by atoms with E-state index in [1.807, 2.05) is 24.3 Å². The van der Waals surface area contributed by atoms with Crippen LogP contribution in [0.5, 0.6) is 5.75 Å². The molecule has 0 spiro atoms. The molecule has 1 aromatic heterocycles. The highest BCUT2D eigenvalue weighted by Crippen LogP contribution is 2.13. The minimum Gasteiger partial charge on any atom is -0.508 e. The molecule has 0 unspecified atom stereocenters. The topological polar surface area (TPSA) is 71.2 Å². The average molecular weight is 229 g/mol. The Hall–Kier alpha value is -2.07. The van der Waals surface area contributed by atoms with Crippen molar-refractivity contribution in [3.8, 4) is 5.75 Å². The third-order valence-electron chi connectivity index (χ3n) is 2.44. The number of phenols is 1. The molecule has 4 nitrogen and oxygen atoms in total. The Kier molecular flexibility index (Phi) is 3.57. The molecule has 0 aliphatic rings. The maximum absolute atomic E-state index is 9.33. The van der Waals surface area contributed by atoms with Gasteiger partial charge < -0.3 is 16.2 Å². The summed E-state index contributed by atoms with van der Waals surface area (Å²) in [4.78, 5) is 4.20. The van der Waals surface area contributed by atoms with Crippen molar-refractivity contribution < 1.29 is 5.11 Å². The van der Waals surface area contributed by atoms with Crippen molar-refractivity contribution in [2.45, 2.75) is 13.1 Å². The van der Waals surface area contributed by atoms with E-state index in [4.69, 9.17) is 5.73 Å². The average Bonchev–Trinajstić information content (AvgIpc) is 2.37. The summed E-state index contributed by atoms with van der Waals surface area (Å²) in [6.07, 6.45) is 1.73. The van der Waals surface area contributed by atoms with Crippen LogP contribution in [-0.4, -0.2) is 10.1 Å². The van der Waals surface area contributed by atoms with E-state index >= 15 is 0 Å². The first-order chi connectivity index (χ1) is 8.28. The molecule has 0 radical (unpaired) electrons. The molecule has 2 aromatic rings. The van der Waals surface area contributed by atoms with Gasteiger partial charge in [0.25, 0.3) is 0 Å². The number of phenolic OH excluding ortho intramolecular Hbond substituents is 1. The molecule has 0 bridgehead atoms. The first-order valence-corrected chi connectivity index (χ1v) is 5.45. The smallest absolute Gasteiger partial charge is 0.126 e. The molecule has 0 aliphatic heterocycles. The van der Waals surface area contributed by atoms with E-state index in [1.54, 1.807) is 18.3 Å². The van der Waals surface area contributed by atoms with Crippen LogP contribution >= 0.6 is 0 Å². The number of benzene rings is 1. The maximum Gasteiger partial charge on any atom is 0.126 e. The van der Waals surface area contributed by atoms with Gasteiger partial charge in [0.05, 0.1) is 0 Å². The van der Waals surface area contributed by atoms with Crippen LogP contribution in [0, 0.1) is 0 Å². The van der Waals surface area contributed by atoms with E-state index in [0.29, 0.717) is 13.1 Å². The molecular formula is C13H15N3O. The van der Waals surface area contributed by atoms with E-state index in [-0.39, 0.29) is 5.75 Å². The molecule has 4 N–H and O–H groups in total. The lowest BCUT2D eigenvalue weighted by atomic mass is 10.2. The van der Waals surface area contributed by atoms with E-state index in [2.05, 4.69) is 10.3 Å². The SMILES string of the molecule is NCc1ccnc(NCc2cccc(O)c2)c1. The first kappa shape index (κ1) is 11.4. The summed E-state index contributed by atoms with van der Waals surface area (Å²) in [5.74, 6) is 1.06. The molecule has 88 valence electrons. The van der Waals surface area contributed by atoms with Gasteiger partial charge in [-0.3, -0.25) is 0 Å². The molecule has 0 amide bonds. The van der Waals surface area contributed by atoms with Crippen LogP contribution in [0.25, 0.3) is 0 Å². The Bertz CT molecular complexity index is 500.